The van der Waals surface area contributed by atoms with Gasteiger partial charge in [0.25, 0.3) is 0 Å². The topological polar surface area (TPSA) is 94.5 Å². The van der Waals surface area contributed by atoms with Gasteiger partial charge in [0.05, 0.1) is 18.2 Å². The number of H-pyrrole nitrogens is 1. The zero-order valence-corrected chi connectivity index (χ0v) is 14.1. The van der Waals surface area contributed by atoms with Gasteiger partial charge >= 0.3 is 0 Å². The molecule has 1 amide bonds. The van der Waals surface area contributed by atoms with Crippen LogP contribution < -0.4 is 5.32 Å². The minimum Gasteiger partial charge on any atom is -0.325 e. The van der Waals surface area contributed by atoms with E-state index in [0.29, 0.717) is 23.1 Å². The van der Waals surface area contributed by atoms with Crippen LogP contribution in [0, 0.1) is 11.3 Å². The van der Waals surface area contributed by atoms with Crippen LogP contribution in [0.25, 0.3) is 11.4 Å². The summed E-state index contributed by atoms with van der Waals surface area (Å²) in [4.78, 5) is 16.4. The largest absolute Gasteiger partial charge is 0.325 e. The lowest BCUT2D eigenvalue weighted by atomic mass is 10.1. The highest BCUT2D eigenvalue weighted by molar-refractivity contribution is 7.99. The first-order valence-corrected chi connectivity index (χ1v) is 8.59. The van der Waals surface area contributed by atoms with E-state index in [1.54, 1.807) is 12.1 Å². The molecular weight excluding hydrogens is 334 g/mol. The number of hydrogen-bond acceptors (Lipinski definition) is 5. The number of anilines is 1. The second kappa shape index (κ2) is 8.13. The molecule has 0 aliphatic rings. The number of thioether (sulfide) groups is 1. The van der Waals surface area contributed by atoms with E-state index < -0.39 is 0 Å². The molecule has 2 aromatic carbocycles. The van der Waals surface area contributed by atoms with Crippen LogP contribution in [0.1, 0.15) is 5.56 Å². The second-order valence-electron chi connectivity index (χ2n) is 5.20. The number of benzene rings is 2. The third-order valence-electron chi connectivity index (χ3n) is 3.37. The molecule has 0 saturated carbocycles. The second-order valence-corrected chi connectivity index (χ2v) is 6.14. The van der Waals surface area contributed by atoms with E-state index in [1.165, 1.54) is 11.8 Å². The molecule has 2 N–H and O–H groups in total. The van der Waals surface area contributed by atoms with Crippen molar-refractivity contribution < 1.29 is 4.79 Å². The maximum Gasteiger partial charge on any atom is 0.234 e. The highest BCUT2D eigenvalue weighted by Crippen LogP contribution is 2.19. The van der Waals surface area contributed by atoms with E-state index in [4.69, 9.17) is 5.26 Å². The van der Waals surface area contributed by atoms with Crippen LogP contribution in [0.5, 0.6) is 0 Å². The monoisotopic (exact) mass is 349 g/mol. The number of hydrogen-bond donors (Lipinski definition) is 2. The van der Waals surface area contributed by atoms with Crippen LogP contribution in [0.2, 0.25) is 0 Å². The van der Waals surface area contributed by atoms with Gasteiger partial charge < -0.3 is 5.32 Å². The molecule has 0 saturated heterocycles. The minimum atomic E-state index is -0.135. The van der Waals surface area contributed by atoms with E-state index in [2.05, 4.69) is 26.6 Å². The molecule has 25 heavy (non-hydrogen) atoms. The highest BCUT2D eigenvalue weighted by atomic mass is 32.2. The number of aromatic nitrogens is 3. The van der Waals surface area contributed by atoms with E-state index in [9.17, 15) is 4.79 Å². The van der Waals surface area contributed by atoms with Gasteiger partial charge in [0.15, 0.2) is 5.82 Å². The molecule has 0 aliphatic carbocycles. The third kappa shape index (κ3) is 4.68. The van der Waals surface area contributed by atoms with Gasteiger partial charge in [-0.2, -0.15) is 5.26 Å². The van der Waals surface area contributed by atoms with E-state index in [-0.39, 0.29) is 11.7 Å². The number of carbonyl (C=O) groups excluding carboxylic acids is 1. The van der Waals surface area contributed by atoms with Crippen LogP contribution >= 0.6 is 11.8 Å². The summed E-state index contributed by atoms with van der Waals surface area (Å²) >= 11 is 1.27. The Hall–Kier alpha value is -3.11. The molecule has 0 spiro atoms. The van der Waals surface area contributed by atoms with Crippen LogP contribution in [-0.2, 0) is 11.2 Å². The van der Waals surface area contributed by atoms with Crippen molar-refractivity contribution in [1.82, 2.24) is 15.2 Å². The summed E-state index contributed by atoms with van der Waals surface area (Å²) in [6.07, 6.45) is 0.360. The van der Waals surface area contributed by atoms with Crippen molar-refractivity contribution >= 4 is 23.4 Å². The summed E-state index contributed by atoms with van der Waals surface area (Å²) < 4.78 is 0. The lowest BCUT2D eigenvalue weighted by Gasteiger charge is -2.04. The van der Waals surface area contributed by atoms with Crippen molar-refractivity contribution in [2.75, 3.05) is 11.1 Å². The Labute approximate surface area is 149 Å². The number of nitriles is 1. The van der Waals surface area contributed by atoms with Gasteiger partial charge in [-0.1, -0.05) is 54.2 Å². The Morgan fingerprint density at radius 3 is 2.64 bits per heavy atom. The van der Waals surface area contributed by atoms with E-state index in [1.807, 2.05) is 42.5 Å². The van der Waals surface area contributed by atoms with E-state index >= 15 is 0 Å². The lowest BCUT2D eigenvalue weighted by molar-refractivity contribution is -0.113. The zero-order chi connectivity index (χ0) is 17.5. The molecule has 0 bridgehead atoms. The summed E-state index contributed by atoms with van der Waals surface area (Å²) in [5, 5.41) is 19.0. The Balaban J connectivity index is 1.52. The van der Waals surface area contributed by atoms with Crippen molar-refractivity contribution in [3.05, 3.63) is 60.2 Å². The zero-order valence-electron chi connectivity index (χ0n) is 13.3. The first-order chi connectivity index (χ1) is 12.2. The smallest absolute Gasteiger partial charge is 0.234 e. The Morgan fingerprint density at radius 1 is 1.16 bits per heavy atom. The van der Waals surface area contributed by atoms with Gasteiger partial charge in [-0.15, -0.1) is 5.10 Å². The Kier molecular flexibility index (Phi) is 5.44. The predicted octanol–water partition coefficient (Wildman–Crippen LogP) is 3.27. The summed E-state index contributed by atoms with van der Waals surface area (Å²) in [5.41, 5.74) is 2.57. The first kappa shape index (κ1) is 16.7. The molecule has 0 atom stereocenters. The van der Waals surface area contributed by atoms with Crippen molar-refractivity contribution in [2.45, 2.75) is 11.6 Å². The number of rotatable bonds is 6. The standard InChI is InChI=1S/C18H15N5OS/c19-11-10-13-6-8-15(9-7-13)20-16(24)12-25-18-21-17(22-23-18)14-4-2-1-3-5-14/h1-9H,10,12H2,(H,20,24)(H,21,22,23). The average Bonchev–Trinajstić information content (AvgIpc) is 3.12. The minimum absolute atomic E-state index is 0.135. The van der Waals surface area contributed by atoms with Crippen LogP contribution in [0.3, 0.4) is 0 Å². The summed E-state index contributed by atoms with van der Waals surface area (Å²) in [6.45, 7) is 0. The molecule has 0 aliphatic heterocycles. The molecule has 1 aromatic heterocycles. The fourth-order valence-corrected chi connectivity index (χ4v) is 2.76. The highest BCUT2D eigenvalue weighted by Gasteiger charge is 2.09. The molecule has 124 valence electrons. The van der Waals surface area contributed by atoms with Gasteiger partial charge in [-0.25, -0.2) is 4.98 Å². The fraction of sp³-hybridized carbons (Fsp3) is 0.111. The number of nitrogens with one attached hydrogen (secondary N) is 2. The molecular formula is C18H15N5OS. The summed E-state index contributed by atoms with van der Waals surface area (Å²) in [6, 6.07) is 19.0. The van der Waals surface area contributed by atoms with Crippen molar-refractivity contribution in [3.63, 3.8) is 0 Å². The van der Waals surface area contributed by atoms with Gasteiger partial charge in [-0.3, -0.25) is 9.89 Å². The van der Waals surface area contributed by atoms with Gasteiger partial charge in [-0.05, 0) is 17.7 Å². The maximum atomic E-state index is 12.0. The number of amides is 1. The average molecular weight is 349 g/mol. The van der Waals surface area contributed by atoms with Crippen molar-refractivity contribution in [2.24, 2.45) is 0 Å². The molecule has 6 nitrogen and oxygen atoms in total. The Bertz CT molecular complexity index is 884. The SMILES string of the molecule is N#CCc1ccc(NC(=O)CSc2n[nH]c(-c3ccccc3)n2)cc1. The molecule has 0 fully saturated rings. The van der Waals surface area contributed by atoms with Gasteiger partial charge in [0.2, 0.25) is 11.1 Å². The number of carbonyl (C=O) groups is 1. The normalized spacial score (nSPS) is 10.2. The first-order valence-electron chi connectivity index (χ1n) is 7.61. The molecule has 7 heteroatoms. The Morgan fingerprint density at radius 2 is 1.92 bits per heavy atom. The maximum absolute atomic E-state index is 12.0. The summed E-state index contributed by atoms with van der Waals surface area (Å²) in [7, 11) is 0. The number of aromatic amines is 1. The van der Waals surface area contributed by atoms with E-state index in [0.717, 1.165) is 11.1 Å². The molecule has 0 radical (unpaired) electrons. The van der Waals surface area contributed by atoms with Crippen LogP contribution in [0.4, 0.5) is 5.69 Å². The predicted molar refractivity (Wildman–Crippen MR) is 96.9 cm³/mol. The van der Waals surface area contributed by atoms with Crippen molar-refractivity contribution in [3.8, 4) is 17.5 Å². The molecule has 1 heterocycles. The van der Waals surface area contributed by atoms with Gasteiger partial charge in [0.1, 0.15) is 0 Å². The third-order valence-corrected chi connectivity index (χ3v) is 4.21. The van der Waals surface area contributed by atoms with Gasteiger partial charge in [0, 0.05) is 11.3 Å². The quantitative estimate of drug-likeness (QED) is 0.666. The summed E-state index contributed by atoms with van der Waals surface area (Å²) in [5.74, 6) is 0.757. The van der Waals surface area contributed by atoms with Crippen LogP contribution in [0.15, 0.2) is 59.8 Å². The van der Waals surface area contributed by atoms with Crippen molar-refractivity contribution in [1.29, 1.82) is 5.26 Å². The lowest BCUT2D eigenvalue weighted by Crippen LogP contribution is -2.14. The number of nitrogens with zero attached hydrogens (tertiary/aromatic N) is 3. The molecule has 3 aromatic rings. The van der Waals surface area contributed by atoms with Crippen LogP contribution in [-0.4, -0.2) is 26.8 Å². The molecule has 3 rings (SSSR count). The fourth-order valence-electron chi connectivity index (χ4n) is 2.16. The molecule has 0 unspecified atom stereocenters.